The summed E-state index contributed by atoms with van der Waals surface area (Å²) in [7, 11) is 0. The van der Waals surface area contributed by atoms with Crippen LogP contribution in [0.5, 0.6) is 0 Å². The first-order valence-electron chi connectivity index (χ1n) is 7.33. The van der Waals surface area contributed by atoms with Crippen molar-refractivity contribution in [2.24, 2.45) is 0 Å². The van der Waals surface area contributed by atoms with Crippen molar-refractivity contribution in [1.29, 1.82) is 0 Å². The summed E-state index contributed by atoms with van der Waals surface area (Å²) in [5.74, 6) is 0.342. The van der Waals surface area contributed by atoms with Crippen molar-refractivity contribution in [1.82, 2.24) is 15.3 Å². The smallest absolute Gasteiger partial charge is 0.229 e. The third kappa shape index (κ3) is 3.55. The molecule has 1 aliphatic carbocycles. The van der Waals surface area contributed by atoms with Crippen molar-refractivity contribution in [3.05, 3.63) is 48.0 Å². The molecule has 1 aromatic carbocycles. The van der Waals surface area contributed by atoms with Gasteiger partial charge < -0.3 is 10.2 Å². The number of hydrogen-bond acceptors (Lipinski definition) is 4. The van der Waals surface area contributed by atoms with E-state index in [4.69, 9.17) is 0 Å². The summed E-state index contributed by atoms with van der Waals surface area (Å²) in [5, 5.41) is 3.43. The van der Waals surface area contributed by atoms with E-state index >= 15 is 0 Å². The van der Waals surface area contributed by atoms with Gasteiger partial charge in [-0.2, -0.15) is 0 Å². The van der Waals surface area contributed by atoms with Gasteiger partial charge in [-0.25, -0.2) is 14.4 Å². The van der Waals surface area contributed by atoms with Gasteiger partial charge in [0, 0.05) is 42.8 Å². The maximum atomic E-state index is 13.3. The average molecular weight is 286 g/mol. The highest BCUT2D eigenvalue weighted by molar-refractivity contribution is 5.56. The fourth-order valence-corrected chi connectivity index (χ4v) is 2.21. The van der Waals surface area contributed by atoms with E-state index in [2.05, 4.69) is 15.3 Å². The molecule has 1 aliphatic rings. The van der Waals surface area contributed by atoms with E-state index in [0.29, 0.717) is 18.5 Å². The molecule has 0 saturated heterocycles. The van der Waals surface area contributed by atoms with E-state index in [1.807, 2.05) is 30.3 Å². The highest BCUT2D eigenvalue weighted by atomic mass is 19.1. The molecule has 0 radical (unpaired) electrons. The maximum absolute atomic E-state index is 13.3. The van der Waals surface area contributed by atoms with Crippen LogP contribution in [0.1, 0.15) is 25.3 Å². The normalized spacial score (nSPS) is 14.2. The van der Waals surface area contributed by atoms with Crippen LogP contribution in [0.4, 0.5) is 16.0 Å². The zero-order chi connectivity index (χ0) is 14.7. The van der Waals surface area contributed by atoms with Crippen LogP contribution in [0.15, 0.2) is 36.7 Å². The molecule has 1 fully saturated rings. The van der Waals surface area contributed by atoms with E-state index in [-0.39, 0.29) is 5.82 Å². The first-order chi connectivity index (χ1) is 10.3. The number of hydrogen-bond donors (Lipinski definition) is 1. The number of anilines is 2. The van der Waals surface area contributed by atoms with Gasteiger partial charge in [0.05, 0.1) is 0 Å². The standard InChI is InChI=1S/C16H19FN4/c1-2-21(15-5-3-4-13(17)8-15)16-19-10-12(11-20-16)9-18-14-6-7-14/h3-5,8,10-11,14,18H,2,6-7,9H2,1H3. The Morgan fingerprint density at radius 2 is 2.05 bits per heavy atom. The lowest BCUT2D eigenvalue weighted by Gasteiger charge is -2.20. The Morgan fingerprint density at radius 3 is 2.67 bits per heavy atom. The minimum Gasteiger partial charge on any atom is -0.311 e. The molecule has 1 N–H and O–H groups in total. The lowest BCUT2D eigenvalue weighted by molar-refractivity contribution is 0.627. The maximum Gasteiger partial charge on any atom is 0.229 e. The molecule has 5 heteroatoms. The predicted molar refractivity (Wildman–Crippen MR) is 81.0 cm³/mol. The fourth-order valence-electron chi connectivity index (χ4n) is 2.21. The van der Waals surface area contributed by atoms with Crippen LogP contribution in [0.25, 0.3) is 0 Å². The van der Waals surface area contributed by atoms with Gasteiger partial charge in [-0.1, -0.05) is 6.07 Å². The molecular weight excluding hydrogens is 267 g/mol. The summed E-state index contributed by atoms with van der Waals surface area (Å²) < 4.78 is 13.3. The second kappa shape index (κ2) is 6.18. The van der Waals surface area contributed by atoms with Crippen molar-refractivity contribution < 1.29 is 4.39 Å². The van der Waals surface area contributed by atoms with Gasteiger partial charge >= 0.3 is 0 Å². The van der Waals surface area contributed by atoms with Crippen molar-refractivity contribution in [2.75, 3.05) is 11.4 Å². The summed E-state index contributed by atoms with van der Waals surface area (Å²) in [6.45, 7) is 3.48. The number of halogens is 1. The van der Waals surface area contributed by atoms with Gasteiger partial charge in [-0.15, -0.1) is 0 Å². The molecule has 1 heterocycles. The van der Waals surface area contributed by atoms with E-state index in [1.54, 1.807) is 6.07 Å². The lowest BCUT2D eigenvalue weighted by atomic mass is 10.3. The molecule has 4 nitrogen and oxygen atoms in total. The second-order valence-electron chi connectivity index (χ2n) is 5.27. The van der Waals surface area contributed by atoms with Gasteiger partial charge in [0.25, 0.3) is 0 Å². The molecule has 21 heavy (non-hydrogen) atoms. The third-order valence-electron chi connectivity index (χ3n) is 3.54. The van der Waals surface area contributed by atoms with Crippen LogP contribution < -0.4 is 10.2 Å². The third-order valence-corrected chi connectivity index (χ3v) is 3.54. The van der Waals surface area contributed by atoms with Crippen LogP contribution in [0.2, 0.25) is 0 Å². The summed E-state index contributed by atoms with van der Waals surface area (Å²) in [4.78, 5) is 10.7. The van der Waals surface area contributed by atoms with Crippen molar-refractivity contribution in [3.63, 3.8) is 0 Å². The van der Waals surface area contributed by atoms with E-state index in [9.17, 15) is 4.39 Å². The van der Waals surface area contributed by atoms with Crippen molar-refractivity contribution in [3.8, 4) is 0 Å². The first kappa shape index (κ1) is 13.9. The van der Waals surface area contributed by atoms with Crippen molar-refractivity contribution in [2.45, 2.75) is 32.4 Å². The average Bonchev–Trinajstić information content (AvgIpc) is 3.32. The van der Waals surface area contributed by atoms with E-state index in [0.717, 1.165) is 17.8 Å². The second-order valence-corrected chi connectivity index (χ2v) is 5.27. The zero-order valence-electron chi connectivity index (χ0n) is 12.1. The Balaban J connectivity index is 1.73. The molecule has 1 saturated carbocycles. The minimum atomic E-state index is -0.254. The number of benzene rings is 1. The van der Waals surface area contributed by atoms with Gasteiger partial charge in [0.15, 0.2) is 0 Å². The monoisotopic (exact) mass is 286 g/mol. The lowest BCUT2D eigenvalue weighted by Crippen LogP contribution is -2.20. The van der Waals surface area contributed by atoms with E-state index < -0.39 is 0 Å². The Kier molecular flexibility index (Phi) is 4.10. The molecular formula is C16H19FN4. The molecule has 1 aromatic heterocycles. The first-order valence-corrected chi connectivity index (χ1v) is 7.33. The highest BCUT2D eigenvalue weighted by Crippen LogP contribution is 2.22. The largest absolute Gasteiger partial charge is 0.311 e. The Morgan fingerprint density at radius 1 is 1.29 bits per heavy atom. The molecule has 0 bridgehead atoms. The molecule has 0 spiro atoms. The Labute approximate surface area is 124 Å². The summed E-state index contributed by atoms with van der Waals surface area (Å²) in [6.07, 6.45) is 6.20. The van der Waals surface area contributed by atoms with Gasteiger partial charge in [0.1, 0.15) is 5.82 Å². The molecule has 0 unspecified atom stereocenters. The van der Waals surface area contributed by atoms with Crippen LogP contribution in [0, 0.1) is 5.82 Å². The van der Waals surface area contributed by atoms with E-state index in [1.165, 1.54) is 25.0 Å². The van der Waals surface area contributed by atoms with Gasteiger partial charge in [-0.3, -0.25) is 0 Å². The van der Waals surface area contributed by atoms with Gasteiger partial charge in [-0.05, 0) is 38.0 Å². The van der Waals surface area contributed by atoms with Crippen LogP contribution >= 0.6 is 0 Å². The molecule has 2 aromatic rings. The highest BCUT2D eigenvalue weighted by Gasteiger charge is 2.20. The predicted octanol–water partition coefficient (Wildman–Crippen LogP) is 3.03. The van der Waals surface area contributed by atoms with Crippen LogP contribution in [-0.2, 0) is 6.54 Å². The van der Waals surface area contributed by atoms with Crippen LogP contribution in [0.3, 0.4) is 0 Å². The Hall–Kier alpha value is -2.01. The fraction of sp³-hybridized carbons (Fsp3) is 0.375. The molecule has 110 valence electrons. The summed E-state index contributed by atoms with van der Waals surface area (Å²) >= 11 is 0. The summed E-state index contributed by atoms with van der Waals surface area (Å²) in [6, 6.07) is 7.16. The Bertz CT molecular complexity index is 595. The summed E-state index contributed by atoms with van der Waals surface area (Å²) in [5.41, 5.74) is 1.84. The number of rotatable bonds is 6. The zero-order valence-corrected chi connectivity index (χ0v) is 12.1. The number of nitrogens with one attached hydrogen (secondary N) is 1. The number of aromatic nitrogens is 2. The topological polar surface area (TPSA) is 41.1 Å². The molecule has 0 atom stereocenters. The molecule has 0 amide bonds. The minimum absolute atomic E-state index is 0.254. The number of nitrogens with zero attached hydrogens (tertiary/aromatic N) is 3. The van der Waals surface area contributed by atoms with Crippen molar-refractivity contribution >= 4 is 11.6 Å². The molecule has 0 aliphatic heterocycles. The molecule has 3 rings (SSSR count). The van der Waals surface area contributed by atoms with Crippen LogP contribution in [-0.4, -0.2) is 22.6 Å². The van der Waals surface area contributed by atoms with Gasteiger partial charge in [0.2, 0.25) is 5.95 Å². The SMILES string of the molecule is CCN(c1cccc(F)c1)c1ncc(CNC2CC2)cn1. The quantitative estimate of drug-likeness (QED) is 0.886.